The Balaban J connectivity index is 1.44. The second kappa shape index (κ2) is 9.14. The van der Waals surface area contributed by atoms with Crippen LogP contribution in [0, 0.1) is 13.8 Å². The van der Waals surface area contributed by atoms with E-state index in [4.69, 9.17) is 0 Å². The van der Waals surface area contributed by atoms with Crippen LogP contribution in [0.3, 0.4) is 0 Å². The zero-order chi connectivity index (χ0) is 21.1. The van der Waals surface area contributed by atoms with E-state index in [2.05, 4.69) is 44.2 Å². The first-order valence-electron chi connectivity index (χ1n) is 10.4. The van der Waals surface area contributed by atoms with Crippen LogP contribution in [0.15, 0.2) is 35.5 Å². The number of aromatic nitrogens is 4. The van der Waals surface area contributed by atoms with Crippen molar-refractivity contribution < 1.29 is 4.79 Å². The summed E-state index contributed by atoms with van der Waals surface area (Å²) >= 11 is 1.49. The Morgan fingerprint density at radius 3 is 2.63 bits per heavy atom. The van der Waals surface area contributed by atoms with Crippen LogP contribution in [-0.4, -0.2) is 67.7 Å². The number of nitrogens with zero attached hydrogens (tertiary/aromatic N) is 6. The van der Waals surface area contributed by atoms with Gasteiger partial charge in [-0.05, 0) is 32.1 Å². The van der Waals surface area contributed by atoms with E-state index in [9.17, 15) is 4.79 Å². The summed E-state index contributed by atoms with van der Waals surface area (Å²) < 4.78 is 1.76. The molecule has 0 N–H and O–H groups in total. The number of carbonyl (C=O) groups excluding carboxylic acids is 1. The smallest absolute Gasteiger partial charge is 0.253 e. The molecular weight excluding hydrogens is 396 g/mol. The second-order valence-corrected chi connectivity index (χ2v) is 8.52. The van der Waals surface area contributed by atoms with Gasteiger partial charge in [-0.3, -0.25) is 9.69 Å². The maximum Gasteiger partial charge on any atom is 0.253 e. The maximum atomic E-state index is 13.1. The van der Waals surface area contributed by atoms with Crippen molar-refractivity contribution in [3.8, 4) is 0 Å². The molecule has 0 unspecified atom stereocenters. The predicted octanol–water partition coefficient (Wildman–Crippen LogP) is 2.74. The lowest BCUT2D eigenvalue weighted by Gasteiger charge is -2.22. The minimum Gasteiger partial charge on any atom is -0.341 e. The molecule has 1 aliphatic heterocycles. The Morgan fingerprint density at radius 1 is 1.07 bits per heavy atom. The largest absolute Gasteiger partial charge is 0.341 e. The Morgan fingerprint density at radius 2 is 1.87 bits per heavy atom. The van der Waals surface area contributed by atoms with Crippen molar-refractivity contribution in [2.45, 2.75) is 38.4 Å². The van der Waals surface area contributed by atoms with Crippen LogP contribution < -0.4 is 0 Å². The molecule has 1 aliphatic rings. The van der Waals surface area contributed by atoms with Crippen LogP contribution in [0.4, 0.5) is 0 Å². The lowest BCUT2D eigenvalue weighted by Crippen LogP contribution is -2.36. The van der Waals surface area contributed by atoms with Crippen LogP contribution >= 0.6 is 11.8 Å². The van der Waals surface area contributed by atoms with Gasteiger partial charge in [0.2, 0.25) is 11.1 Å². The van der Waals surface area contributed by atoms with Crippen molar-refractivity contribution in [3.63, 3.8) is 0 Å². The summed E-state index contributed by atoms with van der Waals surface area (Å²) in [5.41, 5.74) is 4.07. The summed E-state index contributed by atoms with van der Waals surface area (Å²) in [6.07, 6.45) is 3.30. The van der Waals surface area contributed by atoms with Gasteiger partial charge in [-0.15, -0.1) is 5.10 Å². The quantitative estimate of drug-likeness (QED) is 0.587. The van der Waals surface area contributed by atoms with Crippen molar-refractivity contribution in [3.05, 3.63) is 52.8 Å². The summed E-state index contributed by atoms with van der Waals surface area (Å²) in [5.74, 6) is 0.756. The van der Waals surface area contributed by atoms with Crippen LogP contribution in [0.2, 0.25) is 0 Å². The fraction of sp³-hybridized carbons (Fsp3) is 0.455. The summed E-state index contributed by atoms with van der Waals surface area (Å²) in [4.78, 5) is 26.6. The highest BCUT2D eigenvalue weighted by atomic mass is 32.2. The molecule has 3 aromatic rings. The molecule has 0 saturated carbocycles. The van der Waals surface area contributed by atoms with Gasteiger partial charge >= 0.3 is 0 Å². The van der Waals surface area contributed by atoms with Crippen LogP contribution in [-0.2, 0) is 17.8 Å². The van der Waals surface area contributed by atoms with Gasteiger partial charge in [0.15, 0.2) is 0 Å². The molecule has 0 spiro atoms. The van der Waals surface area contributed by atoms with E-state index in [0.29, 0.717) is 17.4 Å². The van der Waals surface area contributed by atoms with Gasteiger partial charge in [-0.25, -0.2) is 9.50 Å². The molecule has 1 aromatic carbocycles. The SMILES string of the molecule is CSc1nc2nc(C)c(CC(=O)N3CCCN(Cc4ccccc4)CC3)c(C)n2n1. The second-order valence-electron chi connectivity index (χ2n) is 7.74. The lowest BCUT2D eigenvalue weighted by atomic mass is 10.1. The third-order valence-electron chi connectivity index (χ3n) is 5.73. The molecule has 4 rings (SSSR count). The molecule has 7 nitrogen and oxygen atoms in total. The van der Waals surface area contributed by atoms with E-state index in [1.165, 1.54) is 17.3 Å². The van der Waals surface area contributed by atoms with Crippen molar-refractivity contribution >= 4 is 23.4 Å². The number of thioether (sulfide) groups is 1. The highest BCUT2D eigenvalue weighted by Crippen LogP contribution is 2.18. The first-order valence-corrected chi connectivity index (χ1v) is 11.6. The molecule has 0 radical (unpaired) electrons. The molecule has 1 amide bonds. The van der Waals surface area contributed by atoms with Crippen molar-refractivity contribution in [1.82, 2.24) is 29.4 Å². The molecule has 0 atom stereocenters. The molecule has 3 heterocycles. The van der Waals surface area contributed by atoms with E-state index >= 15 is 0 Å². The molecule has 1 fully saturated rings. The Bertz CT molecular complexity index is 1040. The lowest BCUT2D eigenvalue weighted by molar-refractivity contribution is -0.130. The number of aryl methyl sites for hydroxylation is 2. The summed E-state index contributed by atoms with van der Waals surface area (Å²) in [7, 11) is 0. The van der Waals surface area contributed by atoms with Gasteiger partial charge in [0.1, 0.15) is 0 Å². The van der Waals surface area contributed by atoms with E-state index in [0.717, 1.165) is 56.1 Å². The van der Waals surface area contributed by atoms with Crippen molar-refractivity contribution in [2.24, 2.45) is 0 Å². The first-order chi connectivity index (χ1) is 14.5. The molecule has 8 heteroatoms. The van der Waals surface area contributed by atoms with Crippen molar-refractivity contribution in [1.29, 1.82) is 0 Å². The number of carbonyl (C=O) groups is 1. The summed E-state index contributed by atoms with van der Waals surface area (Å²) in [5, 5.41) is 5.19. The van der Waals surface area contributed by atoms with Gasteiger partial charge < -0.3 is 4.90 Å². The molecule has 1 saturated heterocycles. The molecule has 0 aliphatic carbocycles. The third kappa shape index (κ3) is 4.49. The first kappa shape index (κ1) is 20.8. The normalized spacial score (nSPS) is 15.5. The van der Waals surface area contributed by atoms with Crippen LogP contribution in [0.1, 0.15) is 28.9 Å². The number of hydrogen-bond donors (Lipinski definition) is 0. The summed E-state index contributed by atoms with van der Waals surface area (Å²) in [6.45, 7) is 8.36. The zero-order valence-electron chi connectivity index (χ0n) is 17.8. The van der Waals surface area contributed by atoms with Gasteiger partial charge in [0.25, 0.3) is 5.78 Å². The Labute approximate surface area is 181 Å². The number of benzene rings is 1. The average Bonchev–Trinajstić information content (AvgIpc) is 3.02. The molecule has 30 heavy (non-hydrogen) atoms. The van der Waals surface area contributed by atoms with Crippen LogP contribution in [0.5, 0.6) is 0 Å². The zero-order valence-corrected chi connectivity index (χ0v) is 18.7. The fourth-order valence-corrected chi connectivity index (χ4v) is 4.35. The van der Waals surface area contributed by atoms with E-state index in [-0.39, 0.29) is 5.91 Å². The van der Waals surface area contributed by atoms with E-state index in [1.807, 2.05) is 31.1 Å². The highest BCUT2D eigenvalue weighted by Gasteiger charge is 2.22. The minimum atomic E-state index is 0.161. The molecule has 158 valence electrons. The Hall–Kier alpha value is -2.45. The van der Waals surface area contributed by atoms with Gasteiger partial charge in [0, 0.05) is 49.7 Å². The van der Waals surface area contributed by atoms with Gasteiger partial charge in [-0.2, -0.15) is 4.98 Å². The van der Waals surface area contributed by atoms with Crippen LogP contribution in [0.25, 0.3) is 5.78 Å². The third-order valence-corrected chi connectivity index (χ3v) is 6.27. The monoisotopic (exact) mass is 424 g/mol. The van der Waals surface area contributed by atoms with Gasteiger partial charge in [-0.1, -0.05) is 42.1 Å². The standard InChI is InChI=1S/C22H28N6OS/c1-16-19(17(2)28-21(23-16)24-22(25-28)30-3)14-20(29)27-11-7-10-26(12-13-27)15-18-8-5-4-6-9-18/h4-6,8-9H,7,10-15H2,1-3H3. The number of amides is 1. The molecule has 2 aromatic heterocycles. The van der Waals surface area contributed by atoms with E-state index in [1.54, 1.807) is 4.52 Å². The fourth-order valence-electron chi connectivity index (χ4n) is 4.02. The maximum absolute atomic E-state index is 13.1. The molecule has 0 bridgehead atoms. The average molecular weight is 425 g/mol. The minimum absolute atomic E-state index is 0.161. The van der Waals surface area contributed by atoms with E-state index < -0.39 is 0 Å². The molecular formula is C22H28N6OS. The number of hydrogen-bond acceptors (Lipinski definition) is 6. The summed E-state index contributed by atoms with van der Waals surface area (Å²) in [6, 6.07) is 10.5. The predicted molar refractivity (Wildman–Crippen MR) is 119 cm³/mol. The topological polar surface area (TPSA) is 66.6 Å². The Kier molecular flexibility index (Phi) is 6.34. The van der Waals surface area contributed by atoms with Gasteiger partial charge in [0.05, 0.1) is 6.42 Å². The number of fused-ring (bicyclic) bond motifs is 1. The van der Waals surface area contributed by atoms with Crippen molar-refractivity contribution in [2.75, 3.05) is 32.4 Å². The highest BCUT2D eigenvalue weighted by molar-refractivity contribution is 7.98. The number of rotatable bonds is 5.